The summed E-state index contributed by atoms with van der Waals surface area (Å²) in [5.74, 6) is 1.17. The summed E-state index contributed by atoms with van der Waals surface area (Å²) >= 11 is 0. The summed E-state index contributed by atoms with van der Waals surface area (Å²) < 4.78 is 10.5. The molecule has 0 spiro atoms. The number of nitrogens with one attached hydrogen (secondary N) is 1. The summed E-state index contributed by atoms with van der Waals surface area (Å²) in [5, 5.41) is 12.5. The molecule has 5 heteroatoms. The van der Waals surface area contributed by atoms with Gasteiger partial charge in [-0.1, -0.05) is 19.3 Å². The van der Waals surface area contributed by atoms with Crippen molar-refractivity contribution in [3.63, 3.8) is 0 Å². The summed E-state index contributed by atoms with van der Waals surface area (Å²) in [6.07, 6.45) is 4.91. The third kappa shape index (κ3) is 4.36. The highest BCUT2D eigenvalue weighted by atomic mass is 16.5. The molecule has 1 aliphatic carbocycles. The lowest BCUT2D eigenvalue weighted by molar-refractivity contribution is -0.126. The van der Waals surface area contributed by atoms with Crippen LogP contribution < -0.4 is 14.8 Å². The monoisotopic (exact) mass is 293 g/mol. The quantitative estimate of drug-likeness (QED) is 0.840. The lowest BCUT2D eigenvalue weighted by atomic mass is 9.82. The molecule has 0 radical (unpaired) electrons. The summed E-state index contributed by atoms with van der Waals surface area (Å²) in [6, 6.07) is 7.08. The van der Waals surface area contributed by atoms with Crippen molar-refractivity contribution in [3.05, 3.63) is 24.3 Å². The normalized spacial score (nSPS) is 17.0. The molecule has 2 N–H and O–H groups in total. The van der Waals surface area contributed by atoms with E-state index in [1.54, 1.807) is 31.4 Å². The molecule has 1 aromatic carbocycles. The second-order valence-electron chi connectivity index (χ2n) is 5.51. The Morgan fingerprint density at radius 3 is 2.38 bits per heavy atom. The van der Waals surface area contributed by atoms with Gasteiger partial charge in [0.25, 0.3) is 5.91 Å². The number of amides is 1. The van der Waals surface area contributed by atoms with Crippen molar-refractivity contribution in [2.75, 3.05) is 20.3 Å². The van der Waals surface area contributed by atoms with E-state index in [0.29, 0.717) is 5.75 Å². The number of ether oxygens (including phenoxy) is 2. The highest BCUT2D eigenvalue weighted by molar-refractivity contribution is 5.78. The number of carbonyl (C=O) groups is 1. The third-order valence-corrected chi connectivity index (χ3v) is 3.95. The van der Waals surface area contributed by atoms with Gasteiger partial charge in [0, 0.05) is 0 Å². The number of benzene rings is 1. The molecular weight excluding hydrogens is 270 g/mol. The zero-order valence-corrected chi connectivity index (χ0v) is 12.4. The van der Waals surface area contributed by atoms with Crippen LogP contribution in [0.15, 0.2) is 24.3 Å². The topological polar surface area (TPSA) is 67.8 Å². The van der Waals surface area contributed by atoms with E-state index in [1.165, 1.54) is 6.42 Å². The summed E-state index contributed by atoms with van der Waals surface area (Å²) in [6.45, 7) is -0.0602. The van der Waals surface area contributed by atoms with Gasteiger partial charge in [-0.3, -0.25) is 4.79 Å². The van der Waals surface area contributed by atoms with E-state index in [2.05, 4.69) is 5.32 Å². The van der Waals surface area contributed by atoms with E-state index < -0.39 is 5.54 Å². The Bertz CT molecular complexity index is 452. The van der Waals surface area contributed by atoms with Crippen molar-refractivity contribution >= 4 is 5.91 Å². The summed E-state index contributed by atoms with van der Waals surface area (Å²) in [5.41, 5.74) is -0.460. The first-order valence-electron chi connectivity index (χ1n) is 7.36. The molecule has 21 heavy (non-hydrogen) atoms. The van der Waals surface area contributed by atoms with Gasteiger partial charge in [-0.05, 0) is 37.1 Å². The van der Waals surface area contributed by atoms with Gasteiger partial charge in [-0.25, -0.2) is 0 Å². The van der Waals surface area contributed by atoms with Crippen molar-refractivity contribution in [1.29, 1.82) is 0 Å². The molecule has 0 saturated heterocycles. The Morgan fingerprint density at radius 2 is 1.81 bits per heavy atom. The molecule has 1 saturated carbocycles. The Kier molecular flexibility index (Phi) is 5.44. The van der Waals surface area contributed by atoms with Gasteiger partial charge in [-0.2, -0.15) is 0 Å². The summed E-state index contributed by atoms with van der Waals surface area (Å²) in [7, 11) is 1.60. The number of hydrogen-bond acceptors (Lipinski definition) is 4. The van der Waals surface area contributed by atoms with Gasteiger partial charge < -0.3 is 19.9 Å². The Morgan fingerprint density at radius 1 is 1.19 bits per heavy atom. The zero-order chi connectivity index (χ0) is 15.1. The predicted molar refractivity (Wildman–Crippen MR) is 79.5 cm³/mol. The van der Waals surface area contributed by atoms with E-state index >= 15 is 0 Å². The van der Waals surface area contributed by atoms with Crippen molar-refractivity contribution in [3.8, 4) is 11.5 Å². The molecule has 0 bridgehead atoms. The fourth-order valence-corrected chi connectivity index (χ4v) is 2.70. The van der Waals surface area contributed by atoms with Crippen molar-refractivity contribution < 1.29 is 19.4 Å². The number of methoxy groups -OCH3 is 1. The van der Waals surface area contributed by atoms with Crippen LogP contribution in [-0.4, -0.2) is 36.9 Å². The fourth-order valence-electron chi connectivity index (χ4n) is 2.70. The first-order valence-corrected chi connectivity index (χ1v) is 7.36. The van der Waals surface area contributed by atoms with Gasteiger partial charge >= 0.3 is 0 Å². The number of rotatable bonds is 6. The van der Waals surface area contributed by atoms with Crippen LogP contribution in [0.2, 0.25) is 0 Å². The molecule has 5 nitrogen and oxygen atoms in total. The molecular formula is C16H23NO4. The van der Waals surface area contributed by atoms with Gasteiger partial charge in [0.2, 0.25) is 0 Å². The molecule has 1 aliphatic rings. The van der Waals surface area contributed by atoms with Gasteiger partial charge in [0.05, 0.1) is 19.3 Å². The highest BCUT2D eigenvalue weighted by Crippen LogP contribution is 2.27. The van der Waals surface area contributed by atoms with E-state index in [1.807, 2.05) is 0 Å². The maximum atomic E-state index is 12.0. The Labute approximate surface area is 125 Å². The minimum Gasteiger partial charge on any atom is -0.497 e. The molecule has 0 unspecified atom stereocenters. The molecule has 0 atom stereocenters. The highest BCUT2D eigenvalue weighted by Gasteiger charge is 2.32. The second kappa shape index (κ2) is 7.31. The summed E-state index contributed by atoms with van der Waals surface area (Å²) in [4.78, 5) is 12.0. The number of hydrogen-bond donors (Lipinski definition) is 2. The minimum atomic E-state index is -0.460. The van der Waals surface area contributed by atoms with E-state index in [0.717, 1.165) is 31.4 Å². The Hall–Kier alpha value is -1.75. The number of aliphatic hydroxyl groups is 1. The predicted octanol–water partition coefficient (Wildman–Crippen LogP) is 1.89. The second-order valence-corrected chi connectivity index (χ2v) is 5.51. The third-order valence-electron chi connectivity index (χ3n) is 3.95. The smallest absolute Gasteiger partial charge is 0.258 e. The van der Waals surface area contributed by atoms with Gasteiger partial charge in [-0.15, -0.1) is 0 Å². The molecule has 0 heterocycles. The maximum absolute atomic E-state index is 12.0. The molecule has 2 rings (SSSR count). The van der Waals surface area contributed by atoms with Crippen molar-refractivity contribution in [2.45, 2.75) is 37.6 Å². The molecule has 1 aromatic rings. The minimum absolute atomic E-state index is 0.0126. The number of aliphatic hydroxyl groups excluding tert-OH is 1. The molecule has 1 amide bonds. The Balaban J connectivity index is 1.83. The molecule has 1 fully saturated rings. The first-order chi connectivity index (χ1) is 10.2. The standard InChI is InChI=1S/C16H23NO4/c1-20-13-5-7-14(8-6-13)21-11-15(19)17-16(12-18)9-3-2-4-10-16/h5-8,18H,2-4,9-12H2,1H3,(H,17,19). The fraction of sp³-hybridized carbons (Fsp3) is 0.562. The van der Waals surface area contributed by atoms with Crippen LogP contribution in [0.25, 0.3) is 0 Å². The van der Waals surface area contributed by atoms with Crippen molar-refractivity contribution in [2.24, 2.45) is 0 Å². The van der Waals surface area contributed by atoms with E-state index in [9.17, 15) is 9.90 Å². The van der Waals surface area contributed by atoms with Crippen LogP contribution in [0.3, 0.4) is 0 Å². The van der Waals surface area contributed by atoms with Crippen molar-refractivity contribution in [1.82, 2.24) is 5.32 Å². The molecule has 0 aromatic heterocycles. The lowest BCUT2D eigenvalue weighted by Gasteiger charge is -2.36. The van der Waals surface area contributed by atoms with Gasteiger partial charge in [0.1, 0.15) is 11.5 Å². The lowest BCUT2D eigenvalue weighted by Crippen LogP contribution is -2.53. The van der Waals surface area contributed by atoms with Crippen LogP contribution in [0, 0.1) is 0 Å². The average Bonchev–Trinajstić information content (AvgIpc) is 2.54. The average molecular weight is 293 g/mol. The number of carbonyl (C=O) groups excluding carboxylic acids is 1. The first kappa shape index (κ1) is 15.6. The van der Waals surface area contributed by atoms with Crippen LogP contribution >= 0.6 is 0 Å². The van der Waals surface area contributed by atoms with Gasteiger partial charge in [0.15, 0.2) is 6.61 Å². The van der Waals surface area contributed by atoms with E-state index in [4.69, 9.17) is 9.47 Å². The largest absolute Gasteiger partial charge is 0.497 e. The van der Waals surface area contributed by atoms with Crippen LogP contribution in [-0.2, 0) is 4.79 Å². The maximum Gasteiger partial charge on any atom is 0.258 e. The molecule has 0 aliphatic heterocycles. The zero-order valence-electron chi connectivity index (χ0n) is 12.4. The van der Waals surface area contributed by atoms with Crippen LogP contribution in [0.5, 0.6) is 11.5 Å². The van der Waals surface area contributed by atoms with Crippen LogP contribution in [0.4, 0.5) is 0 Å². The van der Waals surface area contributed by atoms with Crippen LogP contribution in [0.1, 0.15) is 32.1 Å². The SMILES string of the molecule is COc1ccc(OCC(=O)NC2(CO)CCCCC2)cc1. The van der Waals surface area contributed by atoms with E-state index in [-0.39, 0.29) is 19.1 Å². The molecule has 116 valence electrons.